The number of anilines is 1. The van der Waals surface area contributed by atoms with Crippen molar-refractivity contribution in [1.29, 1.82) is 0 Å². The summed E-state index contributed by atoms with van der Waals surface area (Å²) in [6, 6.07) is 13.2. The molecule has 0 aliphatic rings. The summed E-state index contributed by atoms with van der Waals surface area (Å²) in [7, 11) is -1.14. The second-order valence-electron chi connectivity index (χ2n) is 5.02. The standard InChI is InChI=1S/C16H18ClNOS/c1-11(2)12-6-8-13(9-7-12)20(19)10-14-15(17)4-3-5-16(14)18/h3-9,11H,10,18H2,1-2H3. The number of hydrogen-bond donors (Lipinski definition) is 1. The van der Waals surface area contributed by atoms with Crippen LogP contribution in [0.2, 0.25) is 5.02 Å². The summed E-state index contributed by atoms with van der Waals surface area (Å²) in [5.41, 5.74) is 8.47. The molecule has 2 aromatic carbocycles. The highest BCUT2D eigenvalue weighted by Crippen LogP contribution is 2.25. The highest BCUT2D eigenvalue weighted by Gasteiger charge is 2.11. The van der Waals surface area contributed by atoms with Crippen LogP contribution in [-0.4, -0.2) is 4.21 Å². The Morgan fingerprint density at radius 3 is 2.35 bits per heavy atom. The van der Waals surface area contributed by atoms with Gasteiger partial charge in [-0.15, -0.1) is 0 Å². The lowest BCUT2D eigenvalue weighted by atomic mass is 10.0. The average molecular weight is 308 g/mol. The van der Waals surface area contributed by atoms with Crippen molar-refractivity contribution in [2.45, 2.75) is 30.4 Å². The van der Waals surface area contributed by atoms with Crippen LogP contribution in [0.5, 0.6) is 0 Å². The van der Waals surface area contributed by atoms with E-state index in [1.165, 1.54) is 5.56 Å². The minimum absolute atomic E-state index is 0.340. The van der Waals surface area contributed by atoms with E-state index in [9.17, 15) is 4.21 Å². The molecule has 0 aliphatic heterocycles. The molecule has 1 unspecified atom stereocenters. The molecular formula is C16H18ClNOS. The van der Waals surface area contributed by atoms with Gasteiger partial charge < -0.3 is 5.73 Å². The molecule has 106 valence electrons. The van der Waals surface area contributed by atoms with E-state index in [1.807, 2.05) is 24.3 Å². The fraction of sp³-hybridized carbons (Fsp3) is 0.250. The van der Waals surface area contributed by atoms with Crippen LogP contribution in [0.25, 0.3) is 0 Å². The lowest BCUT2D eigenvalue weighted by Gasteiger charge is -2.09. The van der Waals surface area contributed by atoms with Gasteiger partial charge in [0.05, 0.1) is 16.6 Å². The van der Waals surface area contributed by atoms with E-state index in [-0.39, 0.29) is 0 Å². The maximum Gasteiger partial charge on any atom is 0.0575 e. The van der Waals surface area contributed by atoms with Crippen molar-refractivity contribution in [3.8, 4) is 0 Å². The van der Waals surface area contributed by atoms with Gasteiger partial charge in [-0.2, -0.15) is 0 Å². The molecule has 2 aromatic rings. The van der Waals surface area contributed by atoms with Crippen molar-refractivity contribution in [3.05, 3.63) is 58.6 Å². The molecule has 0 saturated carbocycles. The summed E-state index contributed by atoms with van der Waals surface area (Å²) < 4.78 is 12.4. The molecule has 0 fully saturated rings. The Bertz CT molecular complexity index is 603. The Balaban J connectivity index is 2.20. The van der Waals surface area contributed by atoms with Crippen LogP contribution in [0, 0.1) is 0 Å². The third-order valence-electron chi connectivity index (χ3n) is 3.24. The maximum atomic E-state index is 12.4. The summed E-state index contributed by atoms with van der Waals surface area (Å²) in [6.45, 7) is 4.27. The van der Waals surface area contributed by atoms with Gasteiger partial charge in [0.15, 0.2) is 0 Å². The van der Waals surface area contributed by atoms with Gasteiger partial charge in [-0.05, 0) is 35.7 Å². The number of nitrogen functional groups attached to an aromatic ring is 1. The molecular weight excluding hydrogens is 290 g/mol. The molecule has 1 atom stereocenters. The van der Waals surface area contributed by atoms with E-state index in [2.05, 4.69) is 13.8 Å². The molecule has 0 radical (unpaired) electrons. The van der Waals surface area contributed by atoms with Gasteiger partial charge in [0.1, 0.15) is 0 Å². The number of hydrogen-bond acceptors (Lipinski definition) is 2. The predicted molar refractivity (Wildman–Crippen MR) is 86.5 cm³/mol. The van der Waals surface area contributed by atoms with Gasteiger partial charge in [-0.25, -0.2) is 0 Å². The van der Waals surface area contributed by atoms with Gasteiger partial charge >= 0.3 is 0 Å². The van der Waals surface area contributed by atoms with Crippen LogP contribution in [0.3, 0.4) is 0 Å². The van der Waals surface area contributed by atoms with Crippen LogP contribution in [0.15, 0.2) is 47.4 Å². The smallest absolute Gasteiger partial charge is 0.0575 e. The molecule has 2 N–H and O–H groups in total. The van der Waals surface area contributed by atoms with E-state index in [4.69, 9.17) is 17.3 Å². The zero-order chi connectivity index (χ0) is 14.7. The first-order chi connectivity index (χ1) is 9.49. The zero-order valence-electron chi connectivity index (χ0n) is 11.6. The maximum absolute atomic E-state index is 12.4. The fourth-order valence-corrected chi connectivity index (χ4v) is 3.47. The van der Waals surface area contributed by atoms with Crippen molar-refractivity contribution in [2.24, 2.45) is 0 Å². The predicted octanol–water partition coefficient (Wildman–Crippen LogP) is 4.35. The summed E-state index contributed by atoms with van der Waals surface area (Å²) in [4.78, 5) is 0.800. The molecule has 2 nitrogen and oxygen atoms in total. The topological polar surface area (TPSA) is 43.1 Å². The molecule has 0 spiro atoms. The first kappa shape index (κ1) is 15.1. The largest absolute Gasteiger partial charge is 0.398 e. The first-order valence-corrected chi connectivity index (χ1v) is 8.20. The Hall–Kier alpha value is -1.32. The quantitative estimate of drug-likeness (QED) is 0.853. The first-order valence-electron chi connectivity index (χ1n) is 6.50. The van der Waals surface area contributed by atoms with Gasteiger partial charge in [0.2, 0.25) is 0 Å². The Morgan fingerprint density at radius 2 is 1.80 bits per heavy atom. The molecule has 0 aliphatic carbocycles. The van der Waals surface area contributed by atoms with Gasteiger partial charge in [-0.1, -0.05) is 43.6 Å². The van der Waals surface area contributed by atoms with Gasteiger partial charge in [-0.3, -0.25) is 4.21 Å². The second kappa shape index (κ2) is 6.42. The van der Waals surface area contributed by atoms with E-state index < -0.39 is 10.8 Å². The highest BCUT2D eigenvalue weighted by atomic mass is 35.5. The summed E-state index contributed by atoms with van der Waals surface area (Å²) >= 11 is 6.11. The minimum atomic E-state index is -1.14. The molecule has 0 saturated heterocycles. The lowest BCUT2D eigenvalue weighted by Crippen LogP contribution is -2.01. The number of benzene rings is 2. The number of halogens is 1. The van der Waals surface area contributed by atoms with Crippen LogP contribution in [0.4, 0.5) is 5.69 Å². The fourth-order valence-electron chi connectivity index (χ4n) is 1.95. The van der Waals surface area contributed by atoms with Crippen LogP contribution in [-0.2, 0) is 16.6 Å². The summed E-state index contributed by atoms with van der Waals surface area (Å²) in [5, 5.41) is 0.567. The molecule has 20 heavy (non-hydrogen) atoms. The third-order valence-corrected chi connectivity index (χ3v) is 4.94. The van der Waals surface area contributed by atoms with Crippen molar-refractivity contribution < 1.29 is 4.21 Å². The van der Waals surface area contributed by atoms with E-state index in [0.29, 0.717) is 22.4 Å². The van der Waals surface area contributed by atoms with Crippen molar-refractivity contribution in [3.63, 3.8) is 0 Å². The SMILES string of the molecule is CC(C)c1ccc(S(=O)Cc2c(N)cccc2Cl)cc1. The Labute approximate surface area is 127 Å². The molecule has 2 rings (SSSR count). The number of rotatable bonds is 4. The van der Waals surface area contributed by atoms with Crippen molar-refractivity contribution in [1.82, 2.24) is 0 Å². The van der Waals surface area contributed by atoms with Crippen LogP contribution >= 0.6 is 11.6 Å². The number of nitrogens with two attached hydrogens (primary N) is 1. The van der Waals surface area contributed by atoms with Crippen molar-refractivity contribution in [2.75, 3.05) is 5.73 Å². The molecule has 0 bridgehead atoms. The average Bonchev–Trinajstić information content (AvgIpc) is 2.43. The Kier molecular flexibility index (Phi) is 4.84. The van der Waals surface area contributed by atoms with Crippen LogP contribution in [0.1, 0.15) is 30.9 Å². The third kappa shape index (κ3) is 3.41. The van der Waals surface area contributed by atoms with E-state index in [1.54, 1.807) is 18.2 Å². The van der Waals surface area contributed by atoms with Crippen molar-refractivity contribution >= 4 is 28.1 Å². The summed E-state index contributed by atoms with van der Waals surface area (Å²) in [5.74, 6) is 0.809. The molecule has 0 aromatic heterocycles. The Morgan fingerprint density at radius 1 is 1.15 bits per heavy atom. The molecule has 0 amide bonds. The zero-order valence-corrected chi connectivity index (χ0v) is 13.2. The lowest BCUT2D eigenvalue weighted by molar-refractivity contribution is 0.682. The van der Waals surface area contributed by atoms with Gasteiger partial charge in [0.25, 0.3) is 0 Å². The molecule has 0 heterocycles. The van der Waals surface area contributed by atoms with Gasteiger partial charge in [0, 0.05) is 21.2 Å². The molecule has 4 heteroatoms. The minimum Gasteiger partial charge on any atom is -0.398 e. The van der Waals surface area contributed by atoms with E-state index in [0.717, 1.165) is 10.5 Å². The second-order valence-corrected chi connectivity index (χ2v) is 6.88. The summed E-state index contributed by atoms with van der Waals surface area (Å²) in [6.07, 6.45) is 0. The monoisotopic (exact) mass is 307 g/mol. The van der Waals surface area contributed by atoms with E-state index >= 15 is 0 Å². The highest BCUT2D eigenvalue weighted by molar-refractivity contribution is 7.84. The van der Waals surface area contributed by atoms with Crippen LogP contribution < -0.4 is 5.73 Å². The normalized spacial score (nSPS) is 12.6.